The summed E-state index contributed by atoms with van der Waals surface area (Å²) in [5.41, 5.74) is 0.0258. The van der Waals surface area contributed by atoms with Gasteiger partial charge in [-0.2, -0.15) is 0 Å². The van der Waals surface area contributed by atoms with Gasteiger partial charge in [0, 0.05) is 24.3 Å². The van der Waals surface area contributed by atoms with E-state index in [2.05, 4.69) is 5.32 Å². The first-order chi connectivity index (χ1) is 8.68. The molecule has 1 aromatic carbocycles. The Labute approximate surface area is 105 Å². The molecule has 0 aliphatic carbocycles. The second kappa shape index (κ2) is 5.64. The van der Waals surface area contributed by atoms with Gasteiger partial charge in [-0.25, -0.2) is 0 Å². The van der Waals surface area contributed by atoms with Gasteiger partial charge < -0.3 is 20.0 Å². The van der Waals surface area contributed by atoms with Crippen LogP contribution < -0.4 is 10.4 Å². The van der Waals surface area contributed by atoms with E-state index >= 15 is 0 Å². The zero-order valence-electron chi connectivity index (χ0n) is 9.85. The lowest BCUT2D eigenvalue weighted by molar-refractivity contribution is -0.255. The smallest absolute Gasteiger partial charge is 0.252 e. The number of nitrogens with one attached hydrogen (secondary N) is 1. The van der Waals surface area contributed by atoms with Crippen LogP contribution in [-0.2, 0) is 4.74 Å². The molecule has 0 spiro atoms. The molecule has 1 fully saturated rings. The summed E-state index contributed by atoms with van der Waals surface area (Å²) >= 11 is 0. The number of carboxylic acid groups (broad SMARTS) is 1. The lowest BCUT2D eigenvalue weighted by Crippen LogP contribution is -2.34. The lowest BCUT2D eigenvalue weighted by atomic mass is 10.1. The van der Waals surface area contributed by atoms with Gasteiger partial charge in [0.1, 0.15) is 0 Å². The number of hydrogen-bond donors (Lipinski definition) is 1. The van der Waals surface area contributed by atoms with Gasteiger partial charge in [-0.05, 0) is 18.9 Å². The van der Waals surface area contributed by atoms with E-state index in [1.807, 2.05) is 0 Å². The van der Waals surface area contributed by atoms with Crippen LogP contribution in [-0.4, -0.2) is 31.1 Å². The molecule has 1 aromatic rings. The maximum Gasteiger partial charge on any atom is 0.252 e. The maximum atomic E-state index is 11.9. The van der Waals surface area contributed by atoms with Gasteiger partial charge in [0.2, 0.25) is 0 Å². The number of carbonyl (C=O) groups excluding carboxylic acids is 2. The summed E-state index contributed by atoms with van der Waals surface area (Å²) in [6.45, 7) is 1.12. The molecule has 1 N–H and O–H groups in total. The molecule has 1 amide bonds. The molecule has 0 unspecified atom stereocenters. The van der Waals surface area contributed by atoms with Crippen molar-refractivity contribution in [2.75, 3.05) is 13.2 Å². The third kappa shape index (κ3) is 2.87. The summed E-state index contributed by atoms with van der Waals surface area (Å²) in [6.07, 6.45) is 1.95. The summed E-state index contributed by atoms with van der Waals surface area (Å²) in [5, 5.41) is 13.6. The fourth-order valence-electron chi connectivity index (χ4n) is 1.97. The van der Waals surface area contributed by atoms with E-state index in [9.17, 15) is 14.7 Å². The van der Waals surface area contributed by atoms with Crippen molar-refractivity contribution in [3.8, 4) is 0 Å². The molecule has 1 aliphatic heterocycles. The Hall–Kier alpha value is -1.88. The minimum Gasteiger partial charge on any atom is -0.545 e. The molecule has 5 heteroatoms. The number of hydrogen-bond acceptors (Lipinski definition) is 4. The lowest BCUT2D eigenvalue weighted by Gasteiger charge is -2.13. The highest BCUT2D eigenvalue weighted by Gasteiger charge is 2.17. The molecule has 1 saturated heterocycles. The van der Waals surface area contributed by atoms with E-state index in [0.717, 1.165) is 19.4 Å². The summed E-state index contributed by atoms with van der Waals surface area (Å²) < 4.78 is 5.37. The minimum absolute atomic E-state index is 0.0315. The van der Waals surface area contributed by atoms with E-state index in [4.69, 9.17) is 4.74 Å². The molecule has 1 heterocycles. The zero-order chi connectivity index (χ0) is 13.0. The molecular formula is C13H14NO4-. The molecule has 96 valence electrons. The standard InChI is InChI=1S/C13H15NO4/c15-12(14-8-9-4-3-7-18-9)10-5-1-2-6-11(10)13(16)17/h1-2,5-6,9H,3-4,7-8H2,(H,14,15)(H,16,17)/p-1/t9-/m1/s1. The molecule has 5 nitrogen and oxygen atoms in total. The highest BCUT2D eigenvalue weighted by molar-refractivity contribution is 6.04. The number of rotatable bonds is 4. The number of carboxylic acids is 1. The van der Waals surface area contributed by atoms with Crippen LogP contribution in [0.2, 0.25) is 0 Å². The SMILES string of the molecule is O=C([O-])c1ccccc1C(=O)NC[C@H]1CCCO1. The van der Waals surface area contributed by atoms with Gasteiger partial charge in [0.15, 0.2) is 0 Å². The molecule has 2 rings (SSSR count). The average Bonchev–Trinajstić information content (AvgIpc) is 2.89. The van der Waals surface area contributed by atoms with Gasteiger partial charge >= 0.3 is 0 Å². The van der Waals surface area contributed by atoms with Crippen LogP contribution in [0.1, 0.15) is 33.6 Å². The third-order valence-electron chi connectivity index (χ3n) is 2.91. The van der Waals surface area contributed by atoms with Gasteiger partial charge in [0.25, 0.3) is 5.91 Å². The van der Waals surface area contributed by atoms with Crippen LogP contribution in [0.15, 0.2) is 24.3 Å². The van der Waals surface area contributed by atoms with Crippen LogP contribution in [0.3, 0.4) is 0 Å². The van der Waals surface area contributed by atoms with Crippen LogP contribution in [0.25, 0.3) is 0 Å². The van der Waals surface area contributed by atoms with Gasteiger partial charge in [-0.15, -0.1) is 0 Å². The largest absolute Gasteiger partial charge is 0.545 e. The van der Waals surface area contributed by atoms with Crippen molar-refractivity contribution < 1.29 is 19.4 Å². The quantitative estimate of drug-likeness (QED) is 0.811. The van der Waals surface area contributed by atoms with Crippen molar-refractivity contribution in [3.63, 3.8) is 0 Å². The van der Waals surface area contributed by atoms with Crippen molar-refractivity contribution in [2.24, 2.45) is 0 Å². The molecule has 0 bridgehead atoms. The molecular weight excluding hydrogens is 234 g/mol. The highest BCUT2D eigenvalue weighted by Crippen LogP contribution is 2.12. The van der Waals surface area contributed by atoms with Crippen LogP contribution >= 0.6 is 0 Å². The fraction of sp³-hybridized carbons (Fsp3) is 0.385. The van der Waals surface area contributed by atoms with E-state index < -0.39 is 11.9 Å². The first-order valence-electron chi connectivity index (χ1n) is 5.88. The van der Waals surface area contributed by atoms with Crippen LogP contribution in [0.5, 0.6) is 0 Å². The monoisotopic (exact) mass is 248 g/mol. The minimum atomic E-state index is -1.35. The van der Waals surface area contributed by atoms with Crippen molar-refractivity contribution in [3.05, 3.63) is 35.4 Å². The maximum absolute atomic E-state index is 11.9. The summed E-state index contributed by atoms with van der Waals surface area (Å²) in [6, 6.07) is 6.00. The summed E-state index contributed by atoms with van der Waals surface area (Å²) in [5.74, 6) is -1.76. The number of benzene rings is 1. The fourth-order valence-corrected chi connectivity index (χ4v) is 1.97. The first-order valence-corrected chi connectivity index (χ1v) is 5.88. The number of amides is 1. The number of ether oxygens (including phenoxy) is 1. The second-order valence-corrected chi connectivity index (χ2v) is 4.18. The Bertz CT molecular complexity index is 452. The molecule has 1 aliphatic rings. The Morgan fingerprint density at radius 1 is 1.33 bits per heavy atom. The number of aromatic carboxylic acids is 1. The highest BCUT2D eigenvalue weighted by atomic mass is 16.5. The average molecular weight is 248 g/mol. The summed E-state index contributed by atoms with van der Waals surface area (Å²) in [7, 11) is 0. The van der Waals surface area contributed by atoms with Crippen LogP contribution in [0.4, 0.5) is 0 Å². The van der Waals surface area contributed by atoms with Crippen molar-refractivity contribution >= 4 is 11.9 Å². The Balaban J connectivity index is 2.01. The Kier molecular flexibility index (Phi) is 3.94. The molecule has 1 atom stereocenters. The van der Waals surface area contributed by atoms with Gasteiger partial charge in [0.05, 0.1) is 12.1 Å². The van der Waals surface area contributed by atoms with Crippen molar-refractivity contribution in [2.45, 2.75) is 18.9 Å². The molecule has 0 saturated carbocycles. The summed E-state index contributed by atoms with van der Waals surface area (Å²) in [4.78, 5) is 22.7. The number of carbonyl (C=O) groups is 2. The van der Waals surface area contributed by atoms with Crippen molar-refractivity contribution in [1.29, 1.82) is 0 Å². The van der Waals surface area contributed by atoms with E-state index in [0.29, 0.717) is 6.54 Å². The third-order valence-corrected chi connectivity index (χ3v) is 2.91. The molecule has 0 aromatic heterocycles. The van der Waals surface area contributed by atoms with Crippen LogP contribution in [0, 0.1) is 0 Å². The predicted molar refractivity (Wildman–Crippen MR) is 62.1 cm³/mol. The predicted octanol–water partition coefficient (Wildman–Crippen LogP) is -0.0411. The second-order valence-electron chi connectivity index (χ2n) is 4.18. The Morgan fingerprint density at radius 2 is 2.06 bits per heavy atom. The Morgan fingerprint density at radius 3 is 2.67 bits per heavy atom. The van der Waals surface area contributed by atoms with Crippen molar-refractivity contribution in [1.82, 2.24) is 5.32 Å². The van der Waals surface area contributed by atoms with E-state index in [-0.39, 0.29) is 17.2 Å². The molecule has 0 radical (unpaired) electrons. The normalized spacial score (nSPS) is 18.6. The molecule has 18 heavy (non-hydrogen) atoms. The van der Waals surface area contributed by atoms with E-state index in [1.54, 1.807) is 12.1 Å². The van der Waals surface area contributed by atoms with E-state index in [1.165, 1.54) is 12.1 Å². The van der Waals surface area contributed by atoms with Gasteiger partial charge in [-0.1, -0.05) is 18.2 Å². The first kappa shape index (κ1) is 12.6. The van der Waals surface area contributed by atoms with Gasteiger partial charge in [-0.3, -0.25) is 4.79 Å². The zero-order valence-corrected chi connectivity index (χ0v) is 9.85. The topological polar surface area (TPSA) is 78.5 Å².